The summed E-state index contributed by atoms with van der Waals surface area (Å²) in [6, 6.07) is 20.8. The van der Waals surface area contributed by atoms with Gasteiger partial charge in [-0.1, -0.05) is 60.7 Å². The van der Waals surface area contributed by atoms with E-state index in [2.05, 4.69) is 52.0 Å². The number of unbranched alkanes of at least 4 members (excludes halogenated alkanes) is 1. The summed E-state index contributed by atoms with van der Waals surface area (Å²) in [4.78, 5) is 4.25. The van der Waals surface area contributed by atoms with Crippen molar-refractivity contribution >= 4 is 29.9 Å². The Balaban J connectivity index is 0.00000338. The Labute approximate surface area is 174 Å². The highest BCUT2D eigenvalue weighted by Gasteiger charge is 1.98. The second kappa shape index (κ2) is 14.6. The zero-order chi connectivity index (χ0) is 17.6. The van der Waals surface area contributed by atoms with Crippen LogP contribution in [0.25, 0.3) is 0 Å². The average molecular weight is 467 g/mol. The maximum Gasteiger partial charge on any atom is 0.191 e. The Morgan fingerprint density at radius 2 is 1.50 bits per heavy atom. The van der Waals surface area contributed by atoms with E-state index < -0.39 is 0 Å². The zero-order valence-corrected chi connectivity index (χ0v) is 17.8. The quantitative estimate of drug-likeness (QED) is 0.240. The van der Waals surface area contributed by atoms with E-state index >= 15 is 0 Å². The molecule has 4 nitrogen and oxygen atoms in total. The van der Waals surface area contributed by atoms with Crippen LogP contribution in [0.3, 0.4) is 0 Å². The summed E-state index contributed by atoms with van der Waals surface area (Å²) in [5.74, 6) is 0.842. The summed E-state index contributed by atoms with van der Waals surface area (Å²) in [6.45, 7) is 3.28. The molecule has 0 atom stereocenters. The lowest BCUT2D eigenvalue weighted by atomic mass is 10.2. The van der Waals surface area contributed by atoms with Gasteiger partial charge in [-0.05, 0) is 30.4 Å². The molecule has 0 saturated heterocycles. The number of rotatable bonds is 10. The number of benzene rings is 2. The summed E-state index contributed by atoms with van der Waals surface area (Å²) in [5, 5.41) is 6.66. The molecule has 0 aliphatic carbocycles. The molecule has 2 rings (SSSR count). The zero-order valence-electron chi connectivity index (χ0n) is 15.5. The SMILES string of the molecule is CN=C(NCCCCOCCc1ccccc1)NCc1ccccc1.I. The molecule has 0 unspecified atom stereocenters. The maximum atomic E-state index is 5.70. The predicted octanol–water partition coefficient (Wildman–Crippen LogP) is 4.01. The number of guanidine groups is 1. The molecule has 0 aromatic heterocycles. The Kier molecular flexibility index (Phi) is 12.6. The summed E-state index contributed by atoms with van der Waals surface area (Å²) in [5.41, 5.74) is 2.58. The van der Waals surface area contributed by atoms with Gasteiger partial charge in [0, 0.05) is 26.7 Å². The van der Waals surface area contributed by atoms with Crippen molar-refractivity contribution in [2.45, 2.75) is 25.8 Å². The van der Waals surface area contributed by atoms with Gasteiger partial charge in [0.2, 0.25) is 0 Å². The van der Waals surface area contributed by atoms with E-state index in [1.807, 2.05) is 24.3 Å². The Morgan fingerprint density at radius 3 is 2.15 bits per heavy atom. The smallest absolute Gasteiger partial charge is 0.191 e. The van der Waals surface area contributed by atoms with E-state index in [-0.39, 0.29) is 24.0 Å². The fraction of sp³-hybridized carbons (Fsp3) is 0.381. The highest BCUT2D eigenvalue weighted by Crippen LogP contribution is 2.00. The number of ether oxygens (including phenoxy) is 1. The van der Waals surface area contributed by atoms with Gasteiger partial charge in [-0.15, -0.1) is 24.0 Å². The molecule has 0 aliphatic heterocycles. The number of nitrogens with one attached hydrogen (secondary N) is 2. The van der Waals surface area contributed by atoms with Gasteiger partial charge in [-0.2, -0.15) is 0 Å². The minimum atomic E-state index is 0. The van der Waals surface area contributed by atoms with Crippen molar-refractivity contribution in [1.82, 2.24) is 10.6 Å². The molecule has 0 fully saturated rings. The molecule has 26 heavy (non-hydrogen) atoms. The molecule has 0 amide bonds. The molecule has 2 aromatic rings. The predicted molar refractivity (Wildman–Crippen MR) is 120 cm³/mol. The first-order chi connectivity index (χ1) is 12.4. The lowest BCUT2D eigenvalue weighted by Crippen LogP contribution is -2.37. The molecule has 0 heterocycles. The molecule has 0 bridgehead atoms. The van der Waals surface area contributed by atoms with Crippen LogP contribution in [0.1, 0.15) is 24.0 Å². The number of nitrogens with zero attached hydrogens (tertiary/aromatic N) is 1. The van der Waals surface area contributed by atoms with Crippen molar-refractivity contribution in [1.29, 1.82) is 0 Å². The monoisotopic (exact) mass is 467 g/mol. The third kappa shape index (κ3) is 9.77. The van der Waals surface area contributed by atoms with Crippen LogP contribution in [-0.4, -0.2) is 32.8 Å². The highest BCUT2D eigenvalue weighted by molar-refractivity contribution is 14.0. The number of hydrogen-bond acceptors (Lipinski definition) is 2. The first-order valence-electron chi connectivity index (χ1n) is 8.98. The minimum Gasteiger partial charge on any atom is -0.381 e. The molecular weight excluding hydrogens is 437 g/mol. The third-order valence-electron chi connectivity index (χ3n) is 3.91. The summed E-state index contributed by atoms with van der Waals surface area (Å²) >= 11 is 0. The fourth-order valence-electron chi connectivity index (χ4n) is 2.47. The first kappa shape index (κ1) is 22.4. The summed E-state index contributed by atoms with van der Waals surface area (Å²) in [6.07, 6.45) is 3.10. The van der Waals surface area contributed by atoms with Crippen molar-refractivity contribution < 1.29 is 4.74 Å². The average Bonchev–Trinajstić information content (AvgIpc) is 2.68. The number of aliphatic imine (C=N–C) groups is 1. The molecule has 0 saturated carbocycles. The van der Waals surface area contributed by atoms with E-state index in [4.69, 9.17) is 4.74 Å². The number of halogens is 1. The lowest BCUT2D eigenvalue weighted by Gasteiger charge is -2.12. The normalized spacial score (nSPS) is 10.9. The molecule has 0 aliphatic rings. The first-order valence-corrected chi connectivity index (χ1v) is 8.98. The van der Waals surface area contributed by atoms with Crippen molar-refractivity contribution in [2.75, 3.05) is 26.8 Å². The van der Waals surface area contributed by atoms with Crippen LogP contribution in [-0.2, 0) is 17.7 Å². The lowest BCUT2D eigenvalue weighted by molar-refractivity contribution is 0.133. The molecule has 0 spiro atoms. The highest BCUT2D eigenvalue weighted by atomic mass is 127. The number of hydrogen-bond donors (Lipinski definition) is 2. The van der Waals surface area contributed by atoms with Crippen LogP contribution < -0.4 is 10.6 Å². The molecule has 2 aromatic carbocycles. The van der Waals surface area contributed by atoms with Gasteiger partial charge in [0.15, 0.2) is 5.96 Å². The van der Waals surface area contributed by atoms with E-state index in [1.165, 1.54) is 11.1 Å². The van der Waals surface area contributed by atoms with Gasteiger partial charge in [0.1, 0.15) is 0 Å². The van der Waals surface area contributed by atoms with Crippen molar-refractivity contribution in [3.63, 3.8) is 0 Å². The Morgan fingerprint density at radius 1 is 0.846 bits per heavy atom. The van der Waals surface area contributed by atoms with Crippen LogP contribution in [0.15, 0.2) is 65.7 Å². The largest absolute Gasteiger partial charge is 0.381 e. The molecule has 2 N–H and O–H groups in total. The Bertz CT molecular complexity index is 605. The second-order valence-corrected chi connectivity index (χ2v) is 5.89. The van der Waals surface area contributed by atoms with Gasteiger partial charge in [-0.3, -0.25) is 4.99 Å². The van der Waals surface area contributed by atoms with Crippen LogP contribution in [0, 0.1) is 0 Å². The van der Waals surface area contributed by atoms with Crippen molar-refractivity contribution in [2.24, 2.45) is 4.99 Å². The molecule has 142 valence electrons. The van der Waals surface area contributed by atoms with Crippen LogP contribution >= 0.6 is 24.0 Å². The third-order valence-corrected chi connectivity index (χ3v) is 3.91. The maximum absolute atomic E-state index is 5.70. The molecule has 5 heteroatoms. The fourth-order valence-corrected chi connectivity index (χ4v) is 2.47. The summed E-state index contributed by atoms with van der Waals surface area (Å²) < 4.78 is 5.70. The van der Waals surface area contributed by atoms with Gasteiger partial charge in [0.05, 0.1) is 6.61 Å². The van der Waals surface area contributed by atoms with Crippen LogP contribution in [0.5, 0.6) is 0 Å². The van der Waals surface area contributed by atoms with Crippen LogP contribution in [0.2, 0.25) is 0 Å². The van der Waals surface area contributed by atoms with E-state index in [9.17, 15) is 0 Å². The van der Waals surface area contributed by atoms with E-state index in [0.717, 1.165) is 51.5 Å². The minimum absolute atomic E-state index is 0. The summed E-state index contributed by atoms with van der Waals surface area (Å²) in [7, 11) is 1.80. The van der Waals surface area contributed by atoms with Crippen molar-refractivity contribution in [3.8, 4) is 0 Å². The molecule has 0 radical (unpaired) electrons. The standard InChI is InChI=1S/C21H29N3O.HI/c1-22-21(24-18-20-12-6-3-7-13-20)23-15-8-9-16-25-17-14-19-10-4-2-5-11-19;/h2-7,10-13H,8-9,14-18H2,1H3,(H2,22,23,24);1H. The molecular formula is C21H30IN3O. The Hall–Kier alpha value is -1.60. The van der Waals surface area contributed by atoms with Gasteiger partial charge in [-0.25, -0.2) is 0 Å². The van der Waals surface area contributed by atoms with E-state index in [0.29, 0.717) is 0 Å². The van der Waals surface area contributed by atoms with Crippen molar-refractivity contribution in [3.05, 3.63) is 71.8 Å². The second-order valence-electron chi connectivity index (χ2n) is 5.89. The van der Waals surface area contributed by atoms with Gasteiger partial charge in [0.25, 0.3) is 0 Å². The van der Waals surface area contributed by atoms with Gasteiger partial charge < -0.3 is 15.4 Å². The van der Waals surface area contributed by atoms with Crippen LogP contribution in [0.4, 0.5) is 0 Å². The van der Waals surface area contributed by atoms with Gasteiger partial charge >= 0.3 is 0 Å². The topological polar surface area (TPSA) is 45.7 Å². The van der Waals surface area contributed by atoms with E-state index in [1.54, 1.807) is 7.05 Å².